The number of halogens is 1. The minimum atomic E-state index is -0.563. The third-order valence-corrected chi connectivity index (χ3v) is 6.75. The number of nitrogens with one attached hydrogen (secondary N) is 2. The average molecular weight is 529 g/mol. The van der Waals surface area contributed by atoms with E-state index < -0.39 is 5.91 Å². The number of rotatable bonds is 6. The van der Waals surface area contributed by atoms with E-state index in [0.29, 0.717) is 5.56 Å². The molecule has 1 aliphatic heterocycles. The Hall–Kier alpha value is -4.20. The van der Waals surface area contributed by atoms with E-state index in [-0.39, 0.29) is 28.3 Å². The van der Waals surface area contributed by atoms with Crippen molar-refractivity contribution in [1.29, 1.82) is 5.41 Å². The quantitative estimate of drug-likeness (QED) is 0.264. The highest BCUT2D eigenvalue weighted by Gasteiger charge is 2.24. The van der Waals surface area contributed by atoms with Crippen molar-refractivity contribution >= 4 is 40.4 Å². The normalized spacial score (nSPS) is 14.9. The van der Waals surface area contributed by atoms with E-state index in [1.807, 2.05) is 42.5 Å². The van der Waals surface area contributed by atoms with Gasteiger partial charge in [0, 0.05) is 43.0 Å². The summed E-state index contributed by atoms with van der Waals surface area (Å²) in [7, 11) is 0. The molecule has 1 unspecified atom stereocenters. The third-order valence-electron chi connectivity index (χ3n) is 6.45. The summed E-state index contributed by atoms with van der Waals surface area (Å²) in [5, 5.41) is 21.7. The van der Waals surface area contributed by atoms with Crippen LogP contribution < -0.4 is 11.1 Å². The number of nitrogens with zero attached hydrogens (tertiary/aromatic N) is 1. The van der Waals surface area contributed by atoms with Crippen molar-refractivity contribution in [3.8, 4) is 5.75 Å². The number of primary amides is 1. The largest absolute Gasteiger partial charge is 0.506 e. The fraction of sp³-hybridized carbons (Fsp3) is 0.167. The first-order valence-corrected chi connectivity index (χ1v) is 12.6. The second-order valence-electron chi connectivity index (χ2n) is 9.10. The number of benzene rings is 4. The molecule has 0 aromatic heterocycles. The molecule has 4 aromatic carbocycles. The molecule has 0 spiro atoms. The first-order valence-electron chi connectivity index (χ1n) is 12.2. The second kappa shape index (κ2) is 12.4. The summed E-state index contributed by atoms with van der Waals surface area (Å²) in [6, 6.07) is 26.1. The molecule has 1 heterocycles. The molecule has 0 saturated carbocycles. The van der Waals surface area contributed by atoms with Crippen molar-refractivity contribution in [1.82, 2.24) is 10.2 Å². The van der Waals surface area contributed by atoms with Gasteiger partial charge in [-0.15, -0.1) is 0 Å². The fourth-order valence-corrected chi connectivity index (χ4v) is 4.69. The van der Waals surface area contributed by atoms with Gasteiger partial charge >= 0.3 is 0 Å². The molecule has 1 atom stereocenters. The van der Waals surface area contributed by atoms with E-state index in [0.717, 1.165) is 42.4 Å². The smallest absolute Gasteiger partial charge is 0.252 e. The number of aromatic hydroxyl groups is 1. The van der Waals surface area contributed by atoms with Gasteiger partial charge in [0.15, 0.2) is 0 Å². The number of phenols is 1. The highest BCUT2D eigenvalue weighted by molar-refractivity contribution is 6.32. The summed E-state index contributed by atoms with van der Waals surface area (Å²) in [5.41, 5.74) is 8.05. The van der Waals surface area contributed by atoms with Gasteiger partial charge in [0.2, 0.25) is 5.91 Å². The zero-order valence-corrected chi connectivity index (χ0v) is 21.5. The van der Waals surface area contributed by atoms with Gasteiger partial charge in [0.05, 0.1) is 5.02 Å². The van der Waals surface area contributed by atoms with Gasteiger partial charge in [-0.3, -0.25) is 14.5 Å². The van der Waals surface area contributed by atoms with E-state index >= 15 is 0 Å². The molecule has 4 aromatic rings. The fourth-order valence-electron chi connectivity index (χ4n) is 4.51. The molecule has 38 heavy (non-hydrogen) atoms. The summed E-state index contributed by atoms with van der Waals surface area (Å²) >= 11 is 5.50. The molecular weight excluding hydrogens is 500 g/mol. The van der Waals surface area contributed by atoms with Gasteiger partial charge in [-0.2, -0.15) is 0 Å². The minimum Gasteiger partial charge on any atom is -0.506 e. The number of nitrogens with two attached hydrogens (primary N) is 1. The molecule has 8 heteroatoms. The second-order valence-corrected chi connectivity index (χ2v) is 9.51. The van der Waals surface area contributed by atoms with Crippen molar-refractivity contribution in [2.45, 2.75) is 19.0 Å². The van der Waals surface area contributed by atoms with E-state index in [4.69, 9.17) is 27.9 Å². The van der Waals surface area contributed by atoms with Crippen molar-refractivity contribution in [3.63, 3.8) is 0 Å². The Morgan fingerprint density at radius 1 is 1.03 bits per heavy atom. The predicted molar refractivity (Wildman–Crippen MR) is 151 cm³/mol. The first kappa shape index (κ1) is 26.9. The number of hydrogen-bond donors (Lipinski definition) is 4. The Bertz CT molecular complexity index is 1460. The number of fused-ring (bicyclic) bond motifs is 1. The maximum Gasteiger partial charge on any atom is 0.252 e. The Labute approximate surface area is 226 Å². The number of amides is 2. The molecule has 5 rings (SSSR count). The molecular formula is C30H29ClN4O3. The lowest BCUT2D eigenvalue weighted by Gasteiger charge is -2.17. The van der Waals surface area contributed by atoms with Gasteiger partial charge in [-0.05, 0) is 52.6 Å². The van der Waals surface area contributed by atoms with Gasteiger partial charge < -0.3 is 21.6 Å². The van der Waals surface area contributed by atoms with Crippen molar-refractivity contribution < 1.29 is 14.7 Å². The van der Waals surface area contributed by atoms with Crippen LogP contribution >= 0.6 is 11.6 Å². The van der Waals surface area contributed by atoms with Crippen LogP contribution in [0.3, 0.4) is 0 Å². The maximum absolute atomic E-state index is 12.9. The van der Waals surface area contributed by atoms with E-state index in [2.05, 4.69) is 34.5 Å². The van der Waals surface area contributed by atoms with Gasteiger partial charge in [-0.1, -0.05) is 72.3 Å². The lowest BCUT2D eigenvalue weighted by atomic mass is 9.99. The van der Waals surface area contributed by atoms with Gasteiger partial charge in [-0.25, -0.2) is 0 Å². The Balaban J connectivity index is 0.000000257. The molecule has 1 saturated heterocycles. The highest BCUT2D eigenvalue weighted by atomic mass is 35.5. The van der Waals surface area contributed by atoms with Crippen LogP contribution in [-0.4, -0.2) is 47.2 Å². The highest BCUT2D eigenvalue weighted by Crippen LogP contribution is 2.24. The molecule has 194 valence electrons. The van der Waals surface area contributed by atoms with Crippen molar-refractivity contribution in [3.05, 3.63) is 112 Å². The van der Waals surface area contributed by atoms with Crippen LogP contribution in [0.15, 0.2) is 84.9 Å². The lowest BCUT2D eigenvalue weighted by molar-refractivity contribution is 0.0938. The maximum atomic E-state index is 12.9. The number of carbonyl (C=O) groups excluding carboxylic acids is 2. The number of phenolic OH excluding ortho intramolecular Hbond substituents is 1. The first-order chi connectivity index (χ1) is 18.4. The summed E-state index contributed by atoms with van der Waals surface area (Å²) < 4.78 is 0. The Morgan fingerprint density at radius 3 is 2.42 bits per heavy atom. The van der Waals surface area contributed by atoms with Crippen molar-refractivity contribution in [2.24, 2.45) is 5.73 Å². The topological polar surface area (TPSA) is 120 Å². The standard InChI is InChI=1S/C23H23N3O.C7H6ClNO2/c24-14-18-10-11-22(21-9-5-4-8-20(18)21)23(27)25-19-12-13-26(16-19)15-17-6-2-1-3-7-17;8-5-3-4(7(9)11)1-2-6(5)10/h1-11,14,19,24H,12-13,15-16H2,(H,25,27);1-3,10H,(H2,9,11). The van der Waals surface area contributed by atoms with E-state index in [1.165, 1.54) is 30.0 Å². The zero-order valence-electron chi connectivity index (χ0n) is 20.7. The van der Waals surface area contributed by atoms with Crippen LogP contribution in [-0.2, 0) is 6.54 Å². The molecule has 2 amide bonds. The third kappa shape index (κ3) is 6.56. The van der Waals surface area contributed by atoms with Crippen LogP contribution in [0, 0.1) is 5.41 Å². The summed E-state index contributed by atoms with van der Waals surface area (Å²) in [6.45, 7) is 2.79. The molecule has 0 aliphatic carbocycles. The van der Waals surface area contributed by atoms with Crippen LogP contribution in [0.2, 0.25) is 5.02 Å². The molecule has 0 bridgehead atoms. The summed E-state index contributed by atoms with van der Waals surface area (Å²) in [4.78, 5) is 25.8. The Morgan fingerprint density at radius 2 is 1.74 bits per heavy atom. The van der Waals surface area contributed by atoms with Gasteiger partial charge in [0.1, 0.15) is 5.75 Å². The monoisotopic (exact) mass is 528 g/mol. The van der Waals surface area contributed by atoms with Crippen LogP contribution in [0.1, 0.15) is 38.3 Å². The molecule has 1 aliphatic rings. The van der Waals surface area contributed by atoms with Crippen LogP contribution in [0.25, 0.3) is 10.8 Å². The number of carbonyl (C=O) groups is 2. The molecule has 1 fully saturated rings. The molecule has 7 nitrogen and oxygen atoms in total. The van der Waals surface area contributed by atoms with E-state index in [1.54, 1.807) is 0 Å². The SMILES string of the molecule is N=Cc1ccc(C(=O)NC2CCN(Cc3ccccc3)C2)c2ccccc12.NC(=O)c1ccc(O)c(Cl)c1. The molecule has 5 N–H and O–H groups in total. The average Bonchev–Trinajstić information content (AvgIpc) is 3.36. The minimum absolute atomic E-state index is 0.0331. The summed E-state index contributed by atoms with van der Waals surface area (Å²) in [6.07, 6.45) is 2.30. The van der Waals surface area contributed by atoms with Crippen LogP contribution in [0.4, 0.5) is 0 Å². The summed E-state index contributed by atoms with van der Waals surface area (Å²) in [5.74, 6) is -0.655. The lowest BCUT2D eigenvalue weighted by Crippen LogP contribution is -2.37. The van der Waals surface area contributed by atoms with Gasteiger partial charge in [0.25, 0.3) is 5.91 Å². The number of likely N-dealkylation sites (tertiary alicyclic amines) is 1. The number of hydrogen-bond acceptors (Lipinski definition) is 5. The Kier molecular flexibility index (Phi) is 8.73. The molecule has 0 radical (unpaired) electrons. The zero-order chi connectivity index (χ0) is 27.1. The predicted octanol–water partition coefficient (Wildman–Crippen LogP) is 4.99. The van der Waals surface area contributed by atoms with E-state index in [9.17, 15) is 9.59 Å². The van der Waals surface area contributed by atoms with Crippen LogP contribution in [0.5, 0.6) is 5.75 Å². The van der Waals surface area contributed by atoms with Crippen molar-refractivity contribution in [2.75, 3.05) is 13.1 Å².